The Morgan fingerprint density at radius 3 is 2.50 bits per heavy atom. The fourth-order valence-electron chi connectivity index (χ4n) is 2.09. The van der Waals surface area contributed by atoms with Crippen molar-refractivity contribution >= 4 is 0 Å². The lowest BCUT2D eigenvalue weighted by Gasteiger charge is -2.12. The summed E-state index contributed by atoms with van der Waals surface area (Å²) >= 11 is 0. The predicted octanol–water partition coefficient (Wildman–Crippen LogP) is 2.50. The van der Waals surface area contributed by atoms with Crippen molar-refractivity contribution in [2.24, 2.45) is 0 Å². The van der Waals surface area contributed by atoms with Crippen LogP contribution in [-0.4, -0.2) is 25.4 Å². The molecule has 0 aromatic heterocycles. The fraction of sp³-hybridized carbons (Fsp3) is 0.294. The third-order valence-corrected chi connectivity index (χ3v) is 3.12. The molecule has 2 rings (SSSR count). The maximum absolute atomic E-state index is 13.1. The molecule has 5 heteroatoms. The van der Waals surface area contributed by atoms with Gasteiger partial charge in [0.1, 0.15) is 12.4 Å². The van der Waals surface area contributed by atoms with Crippen LogP contribution in [0.2, 0.25) is 0 Å². The largest absolute Gasteiger partial charge is 0.493 e. The number of hydrogen-bond acceptors (Lipinski definition) is 4. The molecule has 0 bridgehead atoms. The molecule has 0 amide bonds. The van der Waals surface area contributed by atoms with E-state index in [4.69, 9.17) is 14.6 Å². The van der Waals surface area contributed by atoms with Crippen LogP contribution in [-0.2, 0) is 13.1 Å². The first-order chi connectivity index (χ1) is 10.7. The van der Waals surface area contributed by atoms with E-state index in [-0.39, 0.29) is 19.0 Å². The normalized spacial score (nSPS) is 10.5. The van der Waals surface area contributed by atoms with Gasteiger partial charge < -0.3 is 19.9 Å². The Labute approximate surface area is 129 Å². The predicted molar refractivity (Wildman–Crippen MR) is 82.5 cm³/mol. The second-order valence-corrected chi connectivity index (χ2v) is 4.79. The number of ether oxygens (including phenoxy) is 2. The number of methoxy groups -OCH3 is 1. The number of halogens is 1. The molecule has 118 valence electrons. The average Bonchev–Trinajstić information content (AvgIpc) is 2.53. The van der Waals surface area contributed by atoms with Crippen LogP contribution in [0.15, 0.2) is 42.5 Å². The summed E-state index contributed by atoms with van der Waals surface area (Å²) in [6, 6.07) is 12.1. The van der Waals surface area contributed by atoms with Crippen LogP contribution in [0.3, 0.4) is 0 Å². The third kappa shape index (κ3) is 4.72. The highest BCUT2D eigenvalue weighted by atomic mass is 19.1. The minimum atomic E-state index is -0.230. The molecule has 2 N–H and O–H groups in total. The fourth-order valence-corrected chi connectivity index (χ4v) is 2.09. The Morgan fingerprint density at radius 2 is 1.82 bits per heavy atom. The van der Waals surface area contributed by atoms with Gasteiger partial charge in [-0.3, -0.25) is 0 Å². The Morgan fingerprint density at radius 1 is 1.05 bits per heavy atom. The molecule has 0 aliphatic carbocycles. The van der Waals surface area contributed by atoms with Crippen LogP contribution in [0.5, 0.6) is 11.5 Å². The van der Waals surface area contributed by atoms with Gasteiger partial charge in [-0.15, -0.1) is 0 Å². The maximum atomic E-state index is 13.1. The molecule has 0 unspecified atom stereocenters. The Kier molecular flexibility index (Phi) is 6.18. The standard InChI is InChI=1S/C17H20FNO3/c1-21-17-10-14(5-6-16(17)22-8-7-20)12-19-11-13-3-2-4-15(18)9-13/h2-6,9-10,19-20H,7-8,11-12H2,1H3. The minimum Gasteiger partial charge on any atom is -0.493 e. The van der Waals surface area contributed by atoms with Crippen molar-refractivity contribution < 1.29 is 19.0 Å². The van der Waals surface area contributed by atoms with Crippen molar-refractivity contribution in [3.05, 3.63) is 59.4 Å². The topological polar surface area (TPSA) is 50.7 Å². The Hall–Kier alpha value is -2.11. The summed E-state index contributed by atoms with van der Waals surface area (Å²) in [5.74, 6) is 0.996. The molecule has 0 fully saturated rings. The van der Waals surface area contributed by atoms with Gasteiger partial charge in [0.15, 0.2) is 11.5 Å². The van der Waals surface area contributed by atoms with Crippen LogP contribution in [0.25, 0.3) is 0 Å². The first kappa shape index (κ1) is 16.3. The van der Waals surface area contributed by atoms with Crippen molar-refractivity contribution in [3.63, 3.8) is 0 Å². The number of hydrogen-bond donors (Lipinski definition) is 2. The van der Waals surface area contributed by atoms with Crippen LogP contribution < -0.4 is 14.8 Å². The molecule has 0 spiro atoms. The van der Waals surface area contributed by atoms with Gasteiger partial charge >= 0.3 is 0 Å². The summed E-state index contributed by atoms with van der Waals surface area (Å²) in [6.07, 6.45) is 0. The monoisotopic (exact) mass is 305 g/mol. The highest BCUT2D eigenvalue weighted by molar-refractivity contribution is 5.43. The van der Waals surface area contributed by atoms with Crippen LogP contribution >= 0.6 is 0 Å². The van der Waals surface area contributed by atoms with E-state index >= 15 is 0 Å². The molecular weight excluding hydrogens is 285 g/mol. The molecular formula is C17H20FNO3. The minimum absolute atomic E-state index is 0.0416. The second-order valence-electron chi connectivity index (χ2n) is 4.79. The molecule has 0 heterocycles. The van der Waals surface area contributed by atoms with Crippen molar-refractivity contribution in [2.45, 2.75) is 13.1 Å². The molecule has 4 nitrogen and oxygen atoms in total. The smallest absolute Gasteiger partial charge is 0.161 e. The number of aliphatic hydroxyl groups is 1. The summed E-state index contributed by atoms with van der Waals surface area (Å²) in [4.78, 5) is 0. The zero-order valence-corrected chi connectivity index (χ0v) is 12.5. The van der Waals surface area contributed by atoms with Gasteiger partial charge in [-0.2, -0.15) is 0 Å². The van der Waals surface area contributed by atoms with E-state index in [1.165, 1.54) is 12.1 Å². The number of nitrogens with one attached hydrogen (secondary N) is 1. The highest BCUT2D eigenvalue weighted by Crippen LogP contribution is 2.27. The first-order valence-electron chi connectivity index (χ1n) is 7.08. The van der Waals surface area contributed by atoms with Crippen molar-refractivity contribution in [2.75, 3.05) is 20.3 Å². The van der Waals surface area contributed by atoms with Gasteiger partial charge in [-0.1, -0.05) is 18.2 Å². The molecule has 0 radical (unpaired) electrons. The lowest BCUT2D eigenvalue weighted by molar-refractivity contribution is 0.196. The van der Waals surface area contributed by atoms with Gasteiger partial charge in [0.2, 0.25) is 0 Å². The molecule has 2 aromatic rings. The SMILES string of the molecule is COc1cc(CNCc2cccc(F)c2)ccc1OCCO. The first-order valence-corrected chi connectivity index (χ1v) is 7.08. The maximum Gasteiger partial charge on any atom is 0.161 e. The zero-order chi connectivity index (χ0) is 15.8. The van der Waals surface area contributed by atoms with E-state index in [1.807, 2.05) is 24.3 Å². The molecule has 0 saturated heterocycles. The van der Waals surface area contributed by atoms with Crippen LogP contribution in [0, 0.1) is 5.82 Å². The van der Waals surface area contributed by atoms with E-state index in [0.717, 1.165) is 11.1 Å². The van der Waals surface area contributed by atoms with E-state index in [9.17, 15) is 4.39 Å². The van der Waals surface area contributed by atoms with E-state index < -0.39 is 0 Å². The van der Waals surface area contributed by atoms with Gasteiger partial charge in [0, 0.05) is 13.1 Å². The lowest BCUT2D eigenvalue weighted by atomic mass is 10.2. The molecule has 0 saturated carbocycles. The highest BCUT2D eigenvalue weighted by Gasteiger charge is 2.05. The summed E-state index contributed by atoms with van der Waals surface area (Å²) in [7, 11) is 1.57. The summed E-state index contributed by atoms with van der Waals surface area (Å²) in [6.45, 7) is 1.41. The second kappa shape index (κ2) is 8.36. The van der Waals surface area contributed by atoms with Crippen LogP contribution in [0.1, 0.15) is 11.1 Å². The third-order valence-electron chi connectivity index (χ3n) is 3.12. The summed E-state index contributed by atoms with van der Waals surface area (Å²) in [5, 5.41) is 12.0. The molecule has 0 atom stereocenters. The van der Waals surface area contributed by atoms with E-state index in [0.29, 0.717) is 24.6 Å². The summed E-state index contributed by atoms with van der Waals surface area (Å²) < 4.78 is 23.7. The van der Waals surface area contributed by atoms with Crippen LogP contribution in [0.4, 0.5) is 4.39 Å². The van der Waals surface area contributed by atoms with Gasteiger partial charge in [0.05, 0.1) is 13.7 Å². The molecule has 22 heavy (non-hydrogen) atoms. The van der Waals surface area contributed by atoms with Crippen molar-refractivity contribution in [1.29, 1.82) is 0 Å². The van der Waals surface area contributed by atoms with Gasteiger partial charge in [0.25, 0.3) is 0 Å². The molecule has 2 aromatic carbocycles. The Bertz CT molecular complexity index is 604. The van der Waals surface area contributed by atoms with E-state index in [1.54, 1.807) is 13.2 Å². The van der Waals surface area contributed by atoms with E-state index in [2.05, 4.69) is 5.32 Å². The molecule has 0 aliphatic heterocycles. The number of benzene rings is 2. The summed E-state index contributed by atoms with van der Waals surface area (Å²) in [5.41, 5.74) is 1.93. The average molecular weight is 305 g/mol. The Balaban J connectivity index is 1.92. The van der Waals surface area contributed by atoms with Crippen molar-refractivity contribution in [1.82, 2.24) is 5.32 Å². The number of aliphatic hydroxyl groups excluding tert-OH is 1. The molecule has 0 aliphatic rings. The van der Waals surface area contributed by atoms with Gasteiger partial charge in [-0.25, -0.2) is 4.39 Å². The lowest BCUT2D eigenvalue weighted by Crippen LogP contribution is -2.13. The zero-order valence-electron chi connectivity index (χ0n) is 12.5. The quantitative estimate of drug-likeness (QED) is 0.787. The van der Waals surface area contributed by atoms with Crippen molar-refractivity contribution in [3.8, 4) is 11.5 Å². The number of rotatable bonds is 8. The van der Waals surface area contributed by atoms with Gasteiger partial charge in [-0.05, 0) is 35.4 Å².